The van der Waals surface area contributed by atoms with Crippen molar-refractivity contribution in [1.82, 2.24) is 19.6 Å². The molecule has 14 heteroatoms. The maximum Gasteiger partial charge on any atom is 0.418 e. The zero-order chi connectivity index (χ0) is 35.4. The second-order valence-corrected chi connectivity index (χ2v) is 12.6. The summed E-state index contributed by atoms with van der Waals surface area (Å²) < 4.78 is 63.7. The first kappa shape index (κ1) is 40.0. The fraction of sp³-hybridized carbons (Fsp3) is 0.545. The van der Waals surface area contributed by atoms with Crippen LogP contribution in [-0.2, 0) is 14.9 Å². The first-order valence-corrected chi connectivity index (χ1v) is 17.0. The van der Waals surface area contributed by atoms with E-state index < -0.39 is 29.2 Å². The molecule has 1 aromatic rings. The third kappa shape index (κ3) is 10.4. The summed E-state index contributed by atoms with van der Waals surface area (Å²) in [6.45, 7) is 7.77. The topological polar surface area (TPSA) is 90.2 Å². The Morgan fingerprint density at radius 3 is 2.23 bits per heavy atom. The number of benzene rings is 1. The highest BCUT2D eigenvalue weighted by Crippen LogP contribution is 2.40. The molecule has 3 aliphatic rings. The Kier molecular flexibility index (Phi) is 15.6. The van der Waals surface area contributed by atoms with Crippen molar-refractivity contribution in [3.8, 4) is 0 Å². The van der Waals surface area contributed by atoms with E-state index in [2.05, 4.69) is 23.6 Å². The van der Waals surface area contributed by atoms with Crippen LogP contribution >= 0.6 is 11.8 Å². The summed E-state index contributed by atoms with van der Waals surface area (Å²) in [5.74, 6) is -0.425. The highest BCUT2D eigenvalue weighted by atomic mass is 32.2. The van der Waals surface area contributed by atoms with Crippen molar-refractivity contribution >= 4 is 36.0 Å². The van der Waals surface area contributed by atoms with Crippen molar-refractivity contribution in [1.29, 1.82) is 10.8 Å². The minimum absolute atomic E-state index is 0.0292. The molecule has 0 aromatic heterocycles. The first-order chi connectivity index (χ1) is 22.2. The number of piperazine rings is 1. The van der Waals surface area contributed by atoms with Crippen molar-refractivity contribution < 1.29 is 27.1 Å². The number of thioether (sulfide) groups is 1. The molecule has 1 unspecified atom stereocenters. The van der Waals surface area contributed by atoms with Crippen LogP contribution in [0, 0.1) is 10.8 Å². The van der Waals surface area contributed by atoms with Crippen LogP contribution in [0.15, 0.2) is 59.6 Å². The maximum atomic E-state index is 15.6. The fourth-order valence-electron chi connectivity index (χ4n) is 5.11. The van der Waals surface area contributed by atoms with Crippen molar-refractivity contribution in [2.45, 2.75) is 38.0 Å². The molecular formula is C33H49F4N7O2S. The van der Waals surface area contributed by atoms with Crippen molar-refractivity contribution in [2.75, 3.05) is 84.5 Å². The van der Waals surface area contributed by atoms with Gasteiger partial charge in [-0.2, -0.15) is 24.9 Å². The molecule has 1 atom stereocenters. The third-order valence-corrected chi connectivity index (χ3v) is 7.76. The molecule has 0 aliphatic carbocycles. The Hall–Kier alpha value is -3.20. The molecule has 0 bridgehead atoms. The molecule has 0 spiro atoms. The van der Waals surface area contributed by atoms with E-state index >= 15 is 4.39 Å². The maximum absolute atomic E-state index is 15.6. The highest BCUT2D eigenvalue weighted by molar-refractivity contribution is 7.97. The molecule has 2 N–H and O–H groups in total. The van der Waals surface area contributed by atoms with E-state index in [1.165, 1.54) is 31.5 Å². The number of anilines is 1. The lowest BCUT2D eigenvalue weighted by Crippen LogP contribution is -2.58. The van der Waals surface area contributed by atoms with Gasteiger partial charge in [0, 0.05) is 64.9 Å². The number of hydrogen-bond donors (Lipinski definition) is 2. The molecule has 3 heterocycles. The monoisotopic (exact) mass is 683 g/mol. The van der Waals surface area contributed by atoms with E-state index in [9.17, 15) is 18.0 Å². The van der Waals surface area contributed by atoms with Gasteiger partial charge in [-0.25, -0.2) is 4.39 Å². The van der Waals surface area contributed by atoms with Gasteiger partial charge in [0.05, 0.1) is 36.2 Å². The van der Waals surface area contributed by atoms with Crippen LogP contribution in [0.2, 0.25) is 0 Å². The van der Waals surface area contributed by atoms with E-state index in [1.54, 1.807) is 36.2 Å². The number of rotatable bonds is 9. The van der Waals surface area contributed by atoms with Crippen molar-refractivity contribution in [3.63, 3.8) is 0 Å². The van der Waals surface area contributed by atoms with E-state index in [4.69, 9.17) is 15.6 Å². The van der Waals surface area contributed by atoms with Crippen LogP contribution in [0.1, 0.15) is 25.8 Å². The zero-order valence-electron chi connectivity index (χ0n) is 28.4. The number of amides is 1. The minimum Gasteiger partial charge on any atom is -0.379 e. The molecule has 0 saturated carbocycles. The summed E-state index contributed by atoms with van der Waals surface area (Å²) in [5.41, 5.74) is -1.13. The quantitative estimate of drug-likeness (QED) is 0.152. The summed E-state index contributed by atoms with van der Waals surface area (Å²) in [5, 5.41) is 15.5. The van der Waals surface area contributed by atoms with Crippen LogP contribution in [0.25, 0.3) is 0 Å². The SMILES string of the molecule is CCC.CN1CCN(CC2=CN(C)/C(=C\N(C=O)c3cccc(C4(C(F)C(=N)N(C)C=N)COC4)c3)C(C(F)(F)F)=C2)CC1.CSC. The number of nitrogens with one attached hydrogen (secondary N) is 2. The van der Waals surface area contributed by atoms with Crippen LogP contribution in [-0.4, -0.2) is 130 Å². The predicted molar refractivity (Wildman–Crippen MR) is 184 cm³/mol. The van der Waals surface area contributed by atoms with Crippen LogP contribution in [0.3, 0.4) is 0 Å². The highest BCUT2D eigenvalue weighted by Gasteiger charge is 2.50. The van der Waals surface area contributed by atoms with Crippen LogP contribution < -0.4 is 4.90 Å². The molecular weight excluding hydrogens is 634 g/mol. The number of hydrogen-bond acceptors (Lipinski definition) is 8. The van der Waals surface area contributed by atoms with E-state index in [-0.39, 0.29) is 24.6 Å². The van der Waals surface area contributed by atoms with Crippen molar-refractivity contribution in [2.24, 2.45) is 0 Å². The normalized spacial score (nSPS) is 19.5. The average molecular weight is 684 g/mol. The van der Waals surface area contributed by atoms with Gasteiger partial charge in [0.15, 0.2) is 6.17 Å². The Labute approximate surface area is 280 Å². The number of halogens is 4. The lowest BCUT2D eigenvalue weighted by Gasteiger charge is -2.45. The third-order valence-electron chi connectivity index (χ3n) is 7.76. The number of amidine groups is 1. The molecule has 262 valence electrons. The van der Waals surface area contributed by atoms with Gasteiger partial charge >= 0.3 is 6.18 Å². The van der Waals surface area contributed by atoms with Gasteiger partial charge in [0.2, 0.25) is 6.41 Å². The van der Waals surface area contributed by atoms with E-state index in [0.29, 0.717) is 24.1 Å². The van der Waals surface area contributed by atoms with E-state index in [1.807, 2.05) is 19.6 Å². The molecule has 47 heavy (non-hydrogen) atoms. The second kappa shape index (κ2) is 18.4. The van der Waals surface area contributed by atoms with Gasteiger partial charge in [-0.1, -0.05) is 32.4 Å². The Bertz CT molecular complexity index is 1290. The summed E-state index contributed by atoms with van der Waals surface area (Å²) >= 11 is 1.75. The Morgan fingerprint density at radius 1 is 1.15 bits per heavy atom. The van der Waals surface area contributed by atoms with Crippen LogP contribution in [0.4, 0.5) is 23.2 Å². The number of nitrogens with zero attached hydrogens (tertiary/aromatic N) is 5. The Balaban J connectivity index is 0.00000119. The van der Waals surface area contributed by atoms with Gasteiger partial charge < -0.3 is 19.4 Å². The molecule has 0 radical (unpaired) electrons. The molecule has 9 nitrogen and oxygen atoms in total. The van der Waals surface area contributed by atoms with Gasteiger partial charge in [0.1, 0.15) is 5.84 Å². The standard InChI is InChI=1S/C28H35F4N7O2.C3H8.C2H6S/c1-35-7-9-38(10-8-35)14-20-11-23(28(30,31)32)24(36(2)13-20)15-39(19-40)22-6-4-5-21(12-22)27(16-41-17-27)25(29)26(34)37(3)18-33;2*1-3-2/h4-6,11-13,15,18-19,25,33-34H,7-10,14,16-17H2,1-3H3;3H2,1-2H3;1-2H3/b24-15-,33-18?,34-26?;;. The smallest absolute Gasteiger partial charge is 0.379 e. The van der Waals surface area contributed by atoms with Gasteiger partial charge in [0.25, 0.3) is 0 Å². The predicted octanol–water partition coefficient (Wildman–Crippen LogP) is 5.57. The molecule has 4 rings (SSSR count). The number of carbonyl (C=O) groups excluding carboxylic acids is 1. The van der Waals surface area contributed by atoms with Gasteiger partial charge in [-0.3, -0.25) is 25.4 Å². The summed E-state index contributed by atoms with van der Waals surface area (Å²) in [4.78, 5) is 19.9. The van der Waals surface area contributed by atoms with Crippen molar-refractivity contribution in [3.05, 3.63) is 65.1 Å². The largest absolute Gasteiger partial charge is 0.418 e. The number of carbonyl (C=O) groups is 1. The van der Waals surface area contributed by atoms with Gasteiger partial charge in [-0.05, 0) is 48.9 Å². The Morgan fingerprint density at radius 2 is 1.74 bits per heavy atom. The van der Waals surface area contributed by atoms with E-state index in [0.717, 1.165) is 54.6 Å². The fourth-order valence-corrected chi connectivity index (χ4v) is 5.11. The average Bonchev–Trinajstić information content (AvgIpc) is 3.00. The molecule has 1 amide bonds. The number of likely N-dealkylation sites (N-methyl/N-ethyl adjacent to an activating group) is 2. The lowest BCUT2D eigenvalue weighted by molar-refractivity contribution is -0.107. The second-order valence-electron chi connectivity index (χ2n) is 11.8. The number of alkyl halides is 4. The zero-order valence-corrected chi connectivity index (χ0v) is 29.2. The number of allylic oxidation sites excluding steroid dienone is 1. The summed E-state index contributed by atoms with van der Waals surface area (Å²) in [7, 11) is 4.91. The summed E-state index contributed by atoms with van der Waals surface area (Å²) in [6.07, 6.45) is 3.97. The first-order valence-electron chi connectivity index (χ1n) is 15.4. The molecule has 3 aliphatic heterocycles. The lowest BCUT2D eigenvalue weighted by atomic mass is 9.73. The van der Waals surface area contributed by atoms with Crippen LogP contribution in [0.5, 0.6) is 0 Å². The number of ether oxygens (including phenoxy) is 1. The van der Waals surface area contributed by atoms with Gasteiger partial charge in [-0.15, -0.1) is 0 Å². The molecule has 2 saturated heterocycles. The summed E-state index contributed by atoms with van der Waals surface area (Å²) in [6, 6.07) is 6.27. The minimum atomic E-state index is -4.67. The molecule has 1 aromatic carbocycles. The molecule has 2 fully saturated rings.